The molecule has 0 saturated carbocycles. The van der Waals surface area contributed by atoms with Gasteiger partial charge in [-0.15, -0.1) is 11.3 Å². The van der Waals surface area contributed by atoms with Gasteiger partial charge in [-0.05, 0) is 49.6 Å². The summed E-state index contributed by atoms with van der Waals surface area (Å²) < 4.78 is 5.73. The first-order valence-electron chi connectivity index (χ1n) is 8.84. The van der Waals surface area contributed by atoms with E-state index in [0.717, 1.165) is 33.2 Å². The molecule has 0 aliphatic heterocycles. The van der Waals surface area contributed by atoms with Crippen LogP contribution in [0.15, 0.2) is 41.8 Å². The van der Waals surface area contributed by atoms with Crippen LogP contribution in [-0.2, 0) is 4.79 Å². The lowest BCUT2D eigenvalue weighted by Crippen LogP contribution is -2.12. The van der Waals surface area contributed by atoms with Crippen LogP contribution in [0.2, 0.25) is 10.0 Å². The lowest BCUT2D eigenvalue weighted by atomic mass is 10.1. The molecule has 0 bridgehead atoms. The Labute approximate surface area is 178 Å². The summed E-state index contributed by atoms with van der Waals surface area (Å²) in [4.78, 5) is 16.6. The molecule has 3 rings (SSSR count). The SMILES string of the molecule is Cc1cc(OCCCC(=O)Nc2nc(-c3ccccc3Cl)cs2)cc(C)c1Cl. The quantitative estimate of drug-likeness (QED) is 0.429. The summed E-state index contributed by atoms with van der Waals surface area (Å²) in [5, 5.41) is 6.66. The lowest BCUT2D eigenvalue weighted by molar-refractivity contribution is -0.116. The van der Waals surface area contributed by atoms with Crippen LogP contribution < -0.4 is 10.1 Å². The number of nitrogens with zero attached hydrogens (tertiary/aromatic N) is 1. The topological polar surface area (TPSA) is 51.2 Å². The number of hydrogen-bond donors (Lipinski definition) is 1. The number of benzene rings is 2. The second kappa shape index (κ2) is 9.41. The molecule has 0 radical (unpaired) electrons. The Morgan fingerprint density at radius 3 is 2.61 bits per heavy atom. The Morgan fingerprint density at radius 1 is 1.18 bits per heavy atom. The van der Waals surface area contributed by atoms with Crippen LogP contribution in [-0.4, -0.2) is 17.5 Å². The van der Waals surface area contributed by atoms with Gasteiger partial charge in [0, 0.05) is 27.4 Å². The van der Waals surface area contributed by atoms with Gasteiger partial charge < -0.3 is 10.1 Å². The Hall–Kier alpha value is -2.08. The van der Waals surface area contributed by atoms with E-state index >= 15 is 0 Å². The maximum Gasteiger partial charge on any atom is 0.226 e. The number of carbonyl (C=O) groups excluding carboxylic acids is 1. The van der Waals surface area contributed by atoms with E-state index in [0.29, 0.717) is 29.6 Å². The highest BCUT2D eigenvalue weighted by molar-refractivity contribution is 7.14. The first-order chi connectivity index (χ1) is 13.4. The first-order valence-corrected chi connectivity index (χ1v) is 10.5. The van der Waals surface area contributed by atoms with E-state index in [4.69, 9.17) is 27.9 Å². The Balaban J connectivity index is 1.47. The van der Waals surface area contributed by atoms with Gasteiger partial charge in [-0.2, -0.15) is 0 Å². The molecule has 0 unspecified atom stereocenters. The summed E-state index contributed by atoms with van der Waals surface area (Å²) >= 11 is 13.7. The predicted octanol–water partition coefficient (Wildman–Crippen LogP) is 6.53. The average molecular weight is 435 g/mol. The van der Waals surface area contributed by atoms with E-state index in [1.54, 1.807) is 0 Å². The van der Waals surface area contributed by atoms with Crippen molar-refractivity contribution in [2.45, 2.75) is 26.7 Å². The summed E-state index contributed by atoms with van der Waals surface area (Å²) in [6.45, 7) is 4.35. The van der Waals surface area contributed by atoms with E-state index in [9.17, 15) is 4.79 Å². The van der Waals surface area contributed by atoms with Crippen molar-refractivity contribution in [1.29, 1.82) is 0 Å². The van der Waals surface area contributed by atoms with Crippen molar-refractivity contribution in [3.8, 4) is 17.0 Å². The largest absolute Gasteiger partial charge is 0.494 e. The highest BCUT2D eigenvalue weighted by atomic mass is 35.5. The third-order valence-corrected chi connectivity index (χ3v) is 5.81. The van der Waals surface area contributed by atoms with Gasteiger partial charge in [-0.25, -0.2) is 4.98 Å². The summed E-state index contributed by atoms with van der Waals surface area (Å²) in [6.07, 6.45) is 0.960. The van der Waals surface area contributed by atoms with Crippen LogP contribution in [0, 0.1) is 13.8 Å². The highest BCUT2D eigenvalue weighted by Crippen LogP contribution is 2.30. The molecule has 1 aromatic heterocycles. The van der Waals surface area contributed by atoms with Crippen molar-refractivity contribution in [3.05, 3.63) is 63.0 Å². The van der Waals surface area contributed by atoms with E-state index in [2.05, 4.69) is 10.3 Å². The summed E-state index contributed by atoms with van der Waals surface area (Å²) in [7, 11) is 0. The summed E-state index contributed by atoms with van der Waals surface area (Å²) in [5.74, 6) is 0.677. The smallest absolute Gasteiger partial charge is 0.226 e. The number of nitrogens with one attached hydrogen (secondary N) is 1. The third kappa shape index (κ3) is 5.25. The average Bonchev–Trinajstić information content (AvgIpc) is 3.11. The second-order valence-electron chi connectivity index (χ2n) is 6.39. The van der Waals surface area contributed by atoms with E-state index in [1.165, 1.54) is 11.3 Å². The number of amides is 1. The molecule has 0 spiro atoms. The number of rotatable bonds is 7. The molecule has 1 amide bonds. The van der Waals surface area contributed by atoms with Crippen molar-refractivity contribution in [2.24, 2.45) is 0 Å². The second-order valence-corrected chi connectivity index (χ2v) is 8.03. The summed E-state index contributed by atoms with van der Waals surface area (Å²) in [5.41, 5.74) is 3.56. The van der Waals surface area contributed by atoms with Crippen molar-refractivity contribution >= 4 is 45.6 Å². The minimum atomic E-state index is -0.0906. The van der Waals surface area contributed by atoms with Crippen molar-refractivity contribution < 1.29 is 9.53 Å². The monoisotopic (exact) mass is 434 g/mol. The van der Waals surface area contributed by atoms with Crippen LogP contribution in [0.4, 0.5) is 5.13 Å². The van der Waals surface area contributed by atoms with Gasteiger partial charge in [0.05, 0.1) is 12.3 Å². The molecule has 2 aromatic carbocycles. The number of aromatic nitrogens is 1. The van der Waals surface area contributed by atoms with Gasteiger partial charge in [0.25, 0.3) is 0 Å². The summed E-state index contributed by atoms with van der Waals surface area (Å²) in [6, 6.07) is 11.3. The van der Waals surface area contributed by atoms with Gasteiger partial charge in [0.2, 0.25) is 5.91 Å². The number of aryl methyl sites for hydroxylation is 2. The molecule has 3 aromatic rings. The molecule has 28 heavy (non-hydrogen) atoms. The van der Waals surface area contributed by atoms with Gasteiger partial charge >= 0.3 is 0 Å². The zero-order valence-corrected chi connectivity index (χ0v) is 17.9. The van der Waals surface area contributed by atoms with Crippen LogP contribution in [0.25, 0.3) is 11.3 Å². The molecule has 1 N–H and O–H groups in total. The number of thiazole rings is 1. The lowest BCUT2D eigenvalue weighted by Gasteiger charge is -2.09. The van der Waals surface area contributed by atoms with E-state index in [-0.39, 0.29) is 5.91 Å². The normalized spacial score (nSPS) is 10.7. The molecule has 0 aliphatic rings. The maximum absolute atomic E-state index is 12.1. The fraction of sp³-hybridized carbons (Fsp3) is 0.238. The highest BCUT2D eigenvalue weighted by Gasteiger charge is 2.10. The molecule has 1 heterocycles. The zero-order valence-electron chi connectivity index (χ0n) is 15.6. The number of hydrogen-bond acceptors (Lipinski definition) is 4. The fourth-order valence-corrected chi connectivity index (χ4v) is 3.79. The molecule has 0 saturated heterocycles. The number of halogens is 2. The number of anilines is 1. The minimum Gasteiger partial charge on any atom is -0.494 e. The minimum absolute atomic E-state index is 0.0906. The third-order valence-electron chi connectivity index (χ3n) is 4.13. The van der Waals surface area contributed by atoms with Crippen LogP contribution in [0.3, 0.4) is 0 Å². The predicted molar refractivity (Wildman–Crippen MR) is 117 cm³/mol. The molecule has 7 heteroatoms. The fourth-order valence-electron chi connectivity index (χ4n) is 2.72. The zero-order chi connectivity index (χ0) is 20.1. The first kappa shape index (κ1) is 20.6. The maximum atomic E-state index is 12.1. The molecule has 0 aliphatic carbocycles. The van der Waals surface area contributed by atoms with Gasteiger partial charge in [-0.1, -0.05) is 41.4 Å². The number of ether oxygens (including phenoxy) is 1. The van der Waals surface area contributed by atoms with Crippen molar-refractivity contribution in [2.75, 3.05) is 11.9 Å². The van der Waals surface area contributed by atoms with E-state index in [1.807, 2.05) is 55.6 Å². The van der Waals surface area contributed by atoms with Gasteiger partial charge in [-0.3, -0.25) is 4.79 Å². The van der Waals surface area contributed by atoms with Crippen LogP contribution in [0.5, 0.6) is 5.75 Å². The van der Waals surface area contributed by atoms with Crippen LogP contribution >= 0.6 is 34.5 Å². The van der Waals surface area contributed by atoms with Crippen molar-refractivity contribution in [1.82, 2.24) is 4.98 Å². The Morgan fingerprint density at radius 2 is 1.89 bits per heavy atom. The standard InChI is InChI=1S/C21H20Cl2N2O2S/c1-13-10-15(11-14(2)20(13)23)27-9-5-8-19(26)25-21-24-18(12-28-21)16-6-3-4-7-17(16)22/h3-4,6-7,10-12H,5,8-9H2,1-2H3,(H,24,25,26). The van der Waals surface area contributed by atoms with Gasteiger partial charge in [0.15, 0.2) is 5.13 Å². The number of carbonyl (C=O) groups is 1. The van der Waals surface area contributed by atoms with Crippen LogP contribution in [0.1, 0.15) is 24.0 Å². The van der Waals surface area contributed by atoms with Crippen molar-refractivity contribution in [3.63, 3.8) is 0 Å². The molecular weight excluding hydrogens is 415 g/mol. The Bertz CT molecular complexity index is 965. The molecule has 0 fully saturated rings. The molecular formula is C21H20Cl2N2O2S. The molecule has 0 atom stereocenters. The molecule has 146 valence electrons. The van der Waals surface area contributed by atoms with E-state index < -0.39 is 0 Å². The van der Waals surface area contributed by atoms with Gasteiger partial charge in [0.1, 0.15) is 5.75 Å². The molecule has 4 nitrogen and oxygen atoms in total. The Kier molecular flexibility index (Phi) is 6.94.